The fraction of sp³-hybridized carbons (Fsp3) is 0.417. The predicted molar refractivity (Wildman–Crippen MR) is 123 cm³/mol. The molecule has 6 nitrogen and oxygen atoms in total. The second kappa shape index (κ2) is 10.6. The van der Waals surface area contributed by atoms with Gasteiger partial charge in [-0.25, -0.2) is 0 Å². The Morgan fingerprint density at radius 1 is 1.13 bits per heavy atom. The minimum Gasteiger partial charge on any atom is -0.355 e. The standard InChI is InChI=1S/C24H29N5OS/c1-29-21(27-28-24(29)31-17-20-13-7-8-15-25-20)14-16-26-23(30)22(19-11-5-6-12-19)18-9-3-2-4-10-18/h2-4,7-10,13,15,19,22H,5-6,11-12,14,16-17H2,1H3,(H,26,30). The Kier molecular flexibility index (Phi) is 7.35. The van der Waals surface area contributed by atoms with Gasteiger partial charge in [0.05, 0.1) is 11.6 Å². The van der Waals surface area contributed by atoms with E-state index in [1.165, 1.54) is 12.8 Å². The number of nitrogens with zero attached hydrogens (tertiary/aromatic N) is 4. The number of hydrogen-bond acceptors (Lipinski definition) is 5. The van der Waals surface area contributed by atoms with Gasteiger partial charge in [-0.1, -0.05) is 61.0 Å². The summed E-state index contributed by atoms with van der Waals surface area (Å²) in [6.45, 7) is 0.561. The van der Waals surface area contributed by atoms with Crippen LogP contribution in [-0.4, -0.2) is 32.2 Å². The van der Waals surface area contributed by atoms with Crippen LogP contribution in [0.4, 0.5) is 0 Å². The first-order chi connectivity index (χ1) is 15.2. The molecule has 0 spiro atoms. The van der Waals surface area contributed by atoms with Gasteiger partial charge in [0.25, 0.3) is 0 Å². The summed E-state index contributed by atoms with van der Waals surface area (Å²) in [5, 5.41) is 12.7. The molecule has 3 aromatic rings. The highest BCUT2D eigenvalue weighted by Gasteiger charge is 2.31. The maximum Gasteiger partial charge on any atom is 0.227 e. The van der Waals surface area contributed by atoms with Crippen molar-refractivity contribution in [2.24, 2.45) is 13.0 Å². The van der Waals surface area contributed by atoms with Crippen LogP contribution in [0.15, 0.2) is 59.9 Å². The molecule has 0 bridgehead atoms. The number of carbonyl (C=O) groups is 1. The molecule has 1 atom stereocenters. The highest BCUT2D eigenvalue weighted by molar-refractivity contribution is 7.98. The van der Waals surface area contributed by atoms with Gasteiger partial charge in [0.15, 0.2) is 5.16 Å². The molecule has 1 N–H and O–H groups in total. The summed E-state index contributed by atoms with van der Waals surface area (Å²) in [5.41, 5.74) is 2.14. The average molecular weight is 436 g/mol. The van der Waals surface area contributed by atoms with Crippen molar-refractivity contribution in [2.45, 2.75) is 48.9 Å². The van der Waals surface area contributed by atoms with E-state index in [1.54, 1.807) is 18.0 Å². The summed E-state index contributed by atoms with van der Waals surface area (Å²) in [5.74, 6) is 2.13. The molecule has 2 heterocycles. The van der Waals surface area contributed by atoms with Gasteiger partial charge in [0, 0.05) is 32.0 Å². The minimum atomic E-state index is -0.0623. The lowest BCUT2D eigenvalue weighted by Gasteiger charge is -2.23. The molecule has 31 heavy (non-hydrogen) atoms. The molecule has 1 amide bonds. The number of rotatable bonds is 9. The number of carbonyl (C=O) groups excluding carboxylic acids is 1. The van der Waals surface area contributed by atoms with Crippen LogP contribution in [0.1, 0.15) is 48.7 Å². The topological polar surface area (TPSA) is 72.7 Å². The van der Waals surface area contributed by atoms with E-state index in [9.17, 15) is 4.79 Å². The van der Waals surface area contributed by atoms with Crippen molar-refractivity contribution in [1.82, 2.24) is 25.1 Å². The first kappa shape index (κ1) is 21.6. The molecule has 4 rings (SSSR count). The largest absolute Gasteiger partial charge is 0.355 e. The lowest BCUT2D eigenvalue weighted by Crippen LogP contribution is -2.34. The van der Waals surface area contributed by atoms with Gasteiger partial charge >= 0.3 is 0 Å². The molecular weight excluding hydrogens is 406 g/mol. The highest BCUT2D eigenvalue weighted by atomic mass is 32.2. The van der Waals surface area contributed by atoms with Crippen LogP contribution in [0.3, 0.4) is 0 Å². The molecule has 0 aliphatic heterocycles. The first-order valence-corrected chi connectivity index (χ1v) is 11.9. The first-order valence-electron chi connectivity index (χ1n) is 11.0. The number of nitrogens with one attached hydrogen (secondary N) is 1. The summed E-state index contributed by atoms with van der Waals surface area (Å²) in [4.78, 5) is 17.5. The lowest BCUT2D eigenvalue weighted by atomic mass is 9.84. The fourth-order valence-corrected chi connectivity index (χ4v) is 5.15. The molecule has 1 aliphatic rings. The molecule has 162 valence electrons. The zero-order chi connectivity index (χ0) is 21.5. The average Bonchev–Trinajstić information content (AvgIpc) is 3.45. The Balaban J connectivity index is 1.33. The van der Waals surface area contributed by atoms with Gasteiger partial charge in [0.2, 0.25) is 5.91 Å². The quantitative estimate of drug-likeness (QED) is 0.512. The van der Waals surface area contributed by atoms with Gasteiger partial charge in [-0.05, 0) is 36.5 Å². The SMILES string of the molecule is Cn1c(CCNC(=O)C(c2ccccc2)C2CCCC2)nnc1SCc1ccccn1. The molecule has 1 saturated carbocycles. The zero-order valence-electron chi connectivity index (χ0n) is 17.9. The number of thioether (sulfide) groups is 1. The Morgan fingerprint density at radius 2 is 1.90 bits per heavy atom. The molecule has 1 aromatic carbocycles. The number of benzene rings is 1. The molecule has 0 radical (unpaired) electrons. The van der Waals surface area contributed by atoms with E-state index in [0.717, 1.165) is 40.8 Å². The van der Waals surface area contributed by atoms with Gasteiger partial charge in [-0.2, -0.15) is 0 Å². The molecule has 1 unspecified atom stereocenters. The van der Waals surface area contributed by atoms with Crippen LogP contribution in [0, 0.1) is 5.92 Å². The van der Waals surface area contributed by atoms with E-state index in [-0.39, 0.29) is 11.8 Å². The highest BCUT2D eigenvalue weighted by Crippen LogP contribution is 2.37. The second-order valence-corrected chi connectivity index (χ2v) is 8.98. The zero-order valence-corrected chi connectivity index (χ0v) is 18.7. The van der Waals surface area contributed by atoms with E-state index >= 15 is 0 Å². The summed E-state index contributed by atoms with van der Waals surface area (Å²) >= 11 is 1.62. The molecule has 7 heteroatoms. The maximum atomic E-state index is 13.1. The van der Waals surface area contributed by atoms with Crippen LogP contribution in [-0.2, 0) is 24.0 Å². The smallest absolute Gasteiger partial charge is 0.227 e. The monoisotopic (exact) mass is 435 g/mol. The Morgan fingerprint density at radius 3 is 2.65 bits per heavy atom. The molecule has 0 saturated heterocycles. The normalized spacial score (nSPS) is 15.1. The van der Waals surface area contributed by atoms with Crippen LogP contribution < -0.4 is 5.32 Å². The second-order valence-electron chi connectivity index (χ2n) is 8.04. The summed E-state index contributed by atoms with van der Waals surface area (Å²) < 4.78 is 2.01. The third-order valence-corrected chi connectivity index (χ3v) is 7.01. The number of pyridine rings is 1. The van der Waals surface area contributed by atoms with Crippen LogP contribution in [0.2, 0.25) is 0 Å². The Bertz CT molecular complexity index is 970. The molecule has 1 aliphatic carbocycles. The van der Waals surface area contributed by atoms with Gasteiger partial charge in [-0.3, -0.25) is 9.78 Å². The van der Waals surface area contributed by atoms with Crippen molar-refractivity contribution in [3.05, 3.63) is 71.8 Å². The molecule has 1 fully saturated rings. The van der Waals surface area contributed by atoms with E-state index in [1.807, 2.05) is 48.0 Å². The van der Waals surface area contributed by atoms with Crippen molar-refractivity contribution >= 4 is 17.7 Å². The van der Waals surface area contributed by atoms with Crippen LogP contribution in [0.25, 0.3) is 0 Å². The lowest BCUT2D eigenvalue weighted by molar-refractivity contribution is -0.123. The Hall–Kier alpha value is -2.67. The maximum absolute atomic E-state index is 13.1. The van der Waals surface area contributed by atoms with Crippen molar-refractivity contribution in [1.29, 1.82) is 0 Å². The fourth-order valence-electron chi connectivity index (χ4n) is 4.31. The number of aromatic nitrogens is 4. The molecular formula is C24H29N5OS. The molecule has 2 aromatic heterocycles. The third kappa shape index (κ3) is 5.53. The van der Waals surface area contributed by atoms with Crippen molar-refractivity contribution < 1.29 is 4.79 Å². The number of hydrogen-bond donors (Lipinski definition) is 1. The van der Waals surface area contributed by atoms with Gasteiger partial charge in [-0.15, -0.1) is 10.2 Å². The summed E-state index contributed by atoms with van der Waals surface area (Å²) in [6.07, 6.45) is 7.17. The predicted octanol–water partition coefficient (Wildman–Crippen LogP) is 4.14. The third-order valence-electron chi connectivity index (χ3n) is 5.96. The van der Waals surface area contributed by atoms with Gasteiger partial charge < -0.3 is 9.88 Å². The van der Waals surface area contributed by atoms with E-state index < -0.39 is 0 Å². The summed E-state index contributed by atoms with van der Waals surface area (Å²) in [6, 6.07) is 16.1. The van der Waals surface area contributed by atoms with Crippen LogP contribution in [0.5, 0.6) is 0 Å². The van der Waals surface area contributed by atoms with Crippen molar-refractivity contribution in [2.75, 3.05) is 6.54 Å². The number of amides is 1. The van der Waals surface area contributed by atoms with E-state index in [0.29, 0.717) is 18.9 Å². The van der Waals surface area contributed by atoms with E-state index in [4.69, 9.17) is 0 Å². The van der Waals surface area contributed by atoms with Crippen molar-refractivity contribution in [3.63, 3.8) is 0 Å². The van der Waals surface area contributed by atoms with Gasteiger partial charge in [0.1, 0.15) is 5.82 Å². The van der Waals surface area contributed by atoms with Crippen LogP contribution >= 0.6 is 11.8 Å². The van der Waals surface area contributed by atoms with E-state index in [2.05, 4.69) is 32.6 Å². The Labute approximate surface area is 187 Å². The van der Waals surface area contributed by atoms with Crippen molar-refractivity contribution in [3.8, 4) is 0 Å². The minimum absolute atomic E-state index is 0.0623. The summed E-state index contributed by atoms with van der Waals surface area (Å²) in [7, 11) is 1.98.